The van der Waals surface area contributed by atoms with Crippen LogP contribution in [0.3, 0.4) is 0 Å². The maximum Gasteiger partial charge on any atom is 0.255 e. The zero-order chi connectivity index (χ0) is 24.3. The molecular weight excluding hydrogens is 459 g/mol. The normalized spacial score (nSPS) is 15.3. The minimum absolute atomic E-state index is 0.0660. The lowest BCUT2D eigenvalue weighted by Crippen LogP contribution is -2.46. The van der Waals surface area contributed by atoms with E-state index in [0.717, 1.165) is 0 Å². The van der Waals surface area contributed by atoms with Crippen molar-refractivity contribution in [2.75, 3.05) is 26.0 Å². The molecule has 2 aromatic carbocycles. The Labute approximate surface area is 198 Å². The van der Waals surface area contributed by atoms with Gasteiger partial charge in [0.05, 0.1) is 24.1 Å². The predicted octanol–water partition coefficient (Wildman–Crippen LogP) is 3.23. The van der Waals surface area contributed by atoms with Crippen LogP contribution in [-0.4, -0.2) is 60.4 Å². The number of halogens is 1. The van der Waals surface area contributed by atoms with Crippen LogP contribution >= 0.6 is 0 Å². The molecule has 1 aliphatic heterocycles. The first kappa shape index (κ1) is 23.9. The highest BCUT2D eigenvalue weighted by Crippen LogP contribution is 2.27. The van der Waals surface area contributed by atoms with Gasteiger partial charge in [-0.3, -0.25) is 4.79 Å². The highest BCUT2D eigenvalue weighted by Gasteiger charge is 2.28. The number of carbonyl (C=O) groups excluding carboxylic acids is 1. The van der Waals surface area contributed by atoms with Gasteiger partial charge in [-0.25, -0.2) is 21.8 Å². The molecule has 34 heavy (non-hydrogen) atoms. The van der Waals surface area contributed by atoms with Gasteiger partial charge in [0, 0.05) is 30.9 Å². The van der Waals surface area contributed by atoms with Crippen molar-refractivity contribution in [2.45, 2.75) is 25.8 Å². The molecule has 10 heteroatoms. The first-order valence-electron chi connectivity index (χ1n) is 11.1. The molecule has 0 spiro atoms. The predicted molar refractivity (Wildman–Crippen MR) is 127 cm³/mol. The molecule has 8 nitrogen and oxygen atoms in total. The minimum atomic E-state index is -3.24. The molecule has 0 aliphatic carbocycles. The highest BCUT2D eigenvalue weighted by molar-refractivity contribution is 7.89. The molecule has 3 aromatic rings. The summed E-state index contributed by atoms with van der Waals surface area (Å²) in [5.41, 5.74) is 2.14. The Kier molecular flexibility index (Phi) is 6.99. The number of amides is 1. The van der Waals surface area contributed by atoms with E-state index in [9.17, 15) is 17.6 Å². The Morgan fingerprint density at radius 1 is 1.18 bits per heavy atom. The van der Waals surface area contributed by atoms with Crippen LogP contribution < -0.4 is 10.1 Å². The van der Waals surface area contributed by atoms with Crippen LogP contribution in [0, 0.1) is 5.82 Å². The average Bonchev–Trinajstić information content (AvgIpc) is 3.30. The van der Waals surface area contributed by atoms with Gasteiger partial charge in [-0.2, -0.15) is 5.10 Å². The average molecular weight is 487 g/mol. The van der Waals surface area contributed by atoms with Crippen LogP contribution in [0.4, 0.5) is 4.39 Å². The van der Waals surface area contributed by atoms with E-state index in [4.69, 9.17) is 4.74 Å². The van der Waals surface area contributed by atoms with Crippen molar-refractivity contribution in [1.29, 1.82) is 0 Å². The number of aromatic nitrogens is 2. The van der Waals surface area contributed by atoms with Gasteiger partial charge in [-0.1, -0.05) is 12.1 Å². The molecule has 0 bridgehead atoms. The van der Waals surface area contributed by atoms with E-state index in [1.165, 1.54) is 16.4 Å². The van der Waals surface area contributed by atoms with Crippen molar-refractivity contribution in [3.63, 3.8) is 0 Å². The quantitative estimate of drug-likeness (QED) is 0.554. The van der Waals surface area contributed by atoms with Gasteiger partial charge >= 0.3 is 0 Å². The largest absolute Gasteiger partial charge is 0.497 e. The number of sulfonamides is 1. The third-order valence-electron chi connectivity index (χ3n) is 5.94. The molecule has 180 valence electrons. The number of hydrogen-bond acceptors (Lipinski definition) is 5. The minimum Gasteiger partial charge on any atom is -0.497 e. The van der Waals surface area contributed by atoms with Crippen molar-refractivity contribution >= 4 is 15.9 Å². The Morgan fingerprint density at radius 2 is 1.88 bits per heavy atom. The maximum atomic E-state index is 13.4. The molecule has 1 fully saturated rings. The van der Waals surface area contributed by atoms with E-state index >= 15 is 0 Å². The smallest absolute Gasteiger partial charge is 0.255 e. The van der Waals surface area contributed by atoms with E-state index in [-0.39, 0.29) is 23.5 Å². The number of piperidine rings is 1. The standard InChI is InChI=1S/C24H27FN4O4S/c1-3-34(31,32)28-13-11-19(12-14-28)26-24(30)22-16-29(20-9-7-18(25)8-10-20)27-23(22)17-5-4-6-21(15-17)33-2/h4-10,15-16,19H,3,11-14H2,1-2H3,(H,26,30). The third-order valence-corrected chi connectivity index (χ3v) is 7.82. The molecule has 1 saturated heterocycles. The molecular formula is C24H27FN4O4S. The summed E-state index contributed by atoms with van der Waals surface area (Å²) >= 11 is 0. The van der Waals surface area contributed by atoms with Crippen molar-refractivity contribution in [3.8, 4) is 22.7 Å². The van der Waals surface area contributed by atoms with Gasteiger partial charge in [-0.15, -0.1) is 0 Å². The van der Waals surface area contributed by atoms with Crippen LogP contribution in [0.5, 0.6) is 5.75 Å². The Bertz CT molecular complexity index is 1270. The van der Waals surface area contributed by atoms with Crippen molar-refractivity contribution in [2.24, 2.45) is 0 Å². The number of rotatable bonds is 7. The van der Waals surface area contributed by atoms with Gasteiger partial charge in [0.25, 0.3) is 5.91 Å². The molecule has 0 saturated carbocycles. The van der Waals surface area contributed by atoms with Crippen LogP contribution in [-0.2, 0) is 10.0 Å². The Hall–Kier alpha value is -3.24. The molecule has 0 atom stereocenters. The number of nitrogens with one attached hydrogen (secondary N) is 1. The fraction of sp³-hybridized carbons (Fsp3) is 0.333. The van der Waals surface area contributed by atoms with Gasteiger partial charge in [0.1, 0.15) is 17.3 Å². The summed E-state index contributed by atoms with van der Waals surface area (Å²) in [7, 11) is -1.67. The van der Waals surface area contributed by atoms with Crippen LogP contribution in [0.25, 0.3) is 16.9 Å². The van der Waals surface area contributed by atoms with E-state index in [2.05, 4.69) is 10.4 Å². The Balaban J connectivity index is 1.60. The second kappa shape index (κ2) is 9.94. The van der Waals surface area contributed by atoms with E-state index in [1.54, 1.807) is 49.2 Å². The lowest BCUT2D eigenvalue weighted by molar-refractivity contribution is 0.0924. The summed E-state index contributed by atoms with van der Waals surface area (Å²) in [6.07, 6.45) is 2.69. The first-order chi connectivity index (χ1) is 16.3. The summed E-state index contributed by atoms with van der Waals surface area (Å²) in [4.78, 5) is 13.3. The molecule has 1 aliphatic rings. The topological polar surface area (TPSA) is 93.5 Å². The third kappa shape index (κ3) is 5.13. The molecule has 4 rings (SSSR count). The number of benzene rings is 2. The van der Waals surface area contributed by atoms with Gasteiger partial charge < -0.3 is 10.1 Å². The summed E-state index contributed by atoms with van der Waals surface area (Å²) in [6.45, 7) is 2.37. The molecule has 1 aromatic heterocycles. The number of nitrogens with zero attached hydrogens (tertiary/aromatic N) is 3. The van der Waals surface area contributed by atoms with Crippen LogP contribution in [0.15, 0.2) is 54.7 Å². The zero-order valence-electron chi connectivity index (χ0n) is 19.1. The van der Waals surface area contributed by atoms with E-state index in [0.29, 0.717) is 54.2 Å². The van der Waals surface area contributed by atoms with Crippen molar-refractivity contribution in [3.05, 3.63) is 66.1 Å². The van der Waals surface area contributed by atoms with Crippen molar-refractivity contribution in [1.82, 2.24) is 19.4 Å². The fourth-order valence-electron chi connectivity index (χ4n) is 3.97. The van der Waals surface area contributed by atoms with Gasteiger partial charge in [-0.05, 0) is 56.2 Å². The van der Waals surface area contributed by atoms with Crippen molar-refractivity contribution < 1.29 is 22.3 Å². The number of hydrogen-bond donors (Lipinski definition) is 1. The number of ether oxygens (including phenoxy) is 1. The second-order valence-corrected chi connectivity index (χ2v) is 10.3. The van der Waals surface area contributed by atoms with Crippen LogP contribution in [0.2, 0.25) is 0 Å². The van der Waals surface area contributed by atoms with Gasteiger partial charge in [0.15, 0.2) is 0 Å². The second-order valence-electron chi connectivity index (χ2n) is 8.09. The summed E-state index contributed by atoms with van der Waals surface area (Å²) in [5.74, 6) is 0.0299. The summed E-state index contributed by atoms with van der Waals surface area (Å²) < 4.78 is 46.0. The monoisotopic (exact) mass is 486 g/mol. The fourth-order valence-corrected chi connectivity index (χ4v) is 5.11. The molecule has 1 N–H and O–H groups in total. The molecule has 0 unspecified atom stereocenters. The summed E-state index contributed by atoms with van der Waals surface area (Å²) in [6, 6.07) is 12.9. The van der Waals surface area contributed by atoms with Gasteiger partial charge in [0.2, 0.25) is 10.0 Å². The molecule has 0 radical (unpaired) electrons. The first-order valence-corrected chi connectivity index (χ1v) is 12.7. The summed E-state index contributed by atoms with van der Waals surface area (Å²) in [5, 5.41) is 7.65. The maximum absolute atomic E-state index is 13.4. The lowest BCUT2D eigenvalue weighted by Gasteiger charge is -2.31. The molecule has 1 amide bonds. The molecule has 2 heterocycles. The van der Waals surface area contributed by atoms with Crippen LogP contribution in [0.1, 0.15) is 30.1 Å². The SMILES string of the molecule is CCS(=O)(=O)N1CCC(NC(=O)c2cn(-c3ccc(F)cc3)nc2-c2cccc(OC)c2)CC1. The van der Waals surface area contributed by atoms with E-state index in [1.807, 2.05) is 12.1 Å². The Morgan fingerprint density at radius 3 is 2.53 bits per heavy atom. The zero-order valence-corrected chi connectivity index (χ0v) is 19.9. The number of carbonyl (C=O) groups is 1. The highest BCUT2D eigenvalue weighted by atomic mass is 32.2. The van der Waals surface area contributed by atoms with E-state index < -0.39 is 10.0 Å². The number of methoxy groups -OCH3 is 1. The lowest BCUT2D eigenvalue weighted by atomic mass is 10.0.